The third-order valence-corrected chi connectivity index (χ3v) is 5.43. The van der Waals surface area contributed by atoms with Crippen LogP contribution in [0.3, 0.4) is 0 Å². The molecule has 0 N–H and O–H groups in total. The van der Waals surface area contributed by atoms with Gasteiger partial charge in [0, 0.05) is 6.04 Å². The van der Waals surface area contributed by atoms with Crippen LogP contribution in [0.5, 0.6) is 0 Å². The van der Waals surface area contributed by atoms with Crippen molar-refractivity contribution in [1.29, 1.82) is 0 Å². The molecule has 94 valence electrons. The Labute approximate surface area is 103 Å². The van der Waals surface area contributed by atoms with E-state index in [1.165, 1.54) is 5.56 Å². The van der Waals surface area contributed by atoms with E-state index in [9.17, 15) is 8.42 Å². The minimum absolute atomic E-state index is 0.294. The topological polar surface area (TPSA) is 37.4 Å². The van der Waals surface area contributed by atoms with E-state index in [1.54, 1.807) is 6.07 Å². The number of benzene rings is 1. The Bertz CT molecular complexity index is 520. The summed E-state index contributed by atoms with van der Waals surface area (Å²) in [7, 11) is 1.04. The average Bonchev–Trinajstić information content (AvgIpc) is 2.27. The smallest absolute Gasteiger partial charge is 0.178 e. The molecule has 1 aromatic rings. The van der Waals surface area contributed by atoms with Gasteiger partial charge in [-0.25, -0.2) is 8.42 Å². The molecule has 0 radical (unpaired) electrons. The van der Waals surface area contributed by atoms with Crippen LogP contribution < -0.4 is 0 Å². The van der Waals surface area contributed by atoms with Crippen LogP contribution in [-0.4, -0.2) is 33.2 Å². The van der Waals surface area contributed by atoms with E-state index in [2.05, 4.69) is 17.9 Å². The zero-order valence-corrected chi connectivity index (χ0v) is 11.4. The van der Waals surface area contributed by atoms with Crippen molar-refractivity contribution >= 4 is 9.84 Å². The number of fused-ring (bicyclic) bond motifs is 1. The summed E-state index contributed by atoms with van der Waals surface area (Å²) in [5.74, 6) is 0.294. The Hall–Kier alpha value is -0.870. The lowest BCUT2D eigenvalue weighted by Gasteiger charge is -2.23. The lowest BCUT2D eigenvalue weighted by molar-refractivity contribution is 0.321. The van der Waals surface area contributed by atoms with Crippen LogP contribution in [0.25, 0.3) is 0 Å². The Morgan fingerprint density at radius 1 is 1.29 bits per heavy atom. The van der Waals surface area contributed by atoms with E-state index in [4.69, 9.17) is 0 Å². The van der Waals surface area contributed by atoms with Crippen molar-refractivity contribution in [1.82, 2.24) is 4.90 Å². The lowest BCUT2D eigenvalue weighted by atomic mass is 10.0. The first-order valence-corrected chi connectivity index (χ1v) is 7.59. The molecule has 1 atom stereocenters. The molecule has 0 saturated carbocycles. The molecule has 1 heterocycles. The van der Waals surface area contributed by atoms with Gasteiger partial charge in [0.25, 0.3) is 0 Å². The Morgan fingerprint density at radius 2 is 2.00 bits per heavy atom. The highest BCUT2D eigenvalue weighted by atomic mass is 32.2. The van der Waals surface area contributed by atoms with E-state index in [-0.39, 0.29) is 0 Å². The van der Waals surface area contributed by atoms with E-state index in [0.29, 0.717) is 16.7 Å². The molecule has 0 fully saturated rings. The van der Waals surface area contributed by atoms with Crippen molar-refractivity contribution in [3.63, 3.8) is 0 Å². The van der Waals surface area contributed by atoms with Crippen molar-refractivity contribution in [2.45, 2.75) is 30.7 Å². The van der Waals surface area contributed by atoms with Crippen LogP contribution in [-0.2, 0) is 16.3 Å². The molecule has 4 heteroatoms. The highest BCUT2D eigenvalue weighted by Crippen LogP contribution is 2.28. The first-order chi connectivity index (χ1) is 7.92. The van der Waals surface area contributed by atoms with Gasteiger partial charge in [0.05, 0.1) is 10.6 Å². The van der Waals surface area contributed by atoms with Gasteiger partial charge in [0.15, 0.2) is 9.84 Å². The van der Waals surface area contributed by atoms with Gasteiger partial charge in [0.1, 0.15) is 0 Å². The monoisotopic (exact) mass is 253 g/mol. The molecule has 1 aromatic carbocycles. The molecule has 3 nitrogen and oxygen atoms in total. The molecule has 1 aliphatic heterocycles. The fourth-order valence-electron chi connectivity index (χ4n) is 2.22. The van der Waals surface area contributed by atoms with Gasteiger partial charge in [-0.2, -0.15) is 0 Å². The van der Waals surface area contributed by atoms with Gasteiger partial charge in [-0.3, -0.25) is 0 Å². The van der Waals surface area contributed by atoms with Crippen molar-refractivity contribution in [2.24, 2.45) is 0 Å². The van der Waals surface area contributed by atoms with Crippen LogP contribution in [0.1, 0.15) is 30.5 Å². The maximum atomic E-state index is 11.9. The van der Waals surface area contributed by atoms with Crippen LogP contribution >= 0.6 is 0 Å². The fourth-order valence-corrected chi connectivity index (χ4v) is 3.80. The molecule has 17 heavy (non-hydrogen) atoms. The summed E-state index contributed by atoms with van der Waals surface area (Å²) in [6.45, 7) is 2.12. The maximum Gasteiger partial charge on any atom is 0.178 e. The van der Waals surface area contributed by atoms with E-state index < -0.39 is 9.84 Å². The molecular weight excluding hydrogens is 234 g/mol. The average molecular weight is 253 g/mol. The molecule has 1 unspecified atom stereocenters. The predicted octanol–water partition coefficient (Wildman–Crippen LogP) is 2.03. The summed E-state index contributed by atoms with van der Waals surface area (Å²) >= 11 is 0. The molecule has 0 amide bonds. The number of sulfone groups is 1. The third kappa shape index (κ3) is 2.38. The number of hydrogen-bond acceptors (Lipinski definition) is 3. The summed E-state index contributed by atoms with van der Waals surface area (Å²) in [6.07, 6.45) is 1.62. The first-order valence-electron chi connectivity index (χ1n) is 5.94. The second kappa shape index (κ2) is 4.42. The number of nitrogens with zero attached hydrogens (tertiary/aromatic N) is 1. The molecule has 0 aliphatic carbocycles. The molecule has 0 bridgehead atoms. The zero-order valence-electron chi connectivity index (χ0n) is 10.6. The quantitative estimate of drug-likeness (QED) is 0.809. The van der Waals surface area contributed by atoms with Crippen LogP contribution in [0.4, 0.5) is 0 Å². The highest BCUT2D eigenvalue weighted by molar-refractivity contribution is 7.91. The summed E-state index contributed by atoms with van der Waals surface area (Å²) in [6, 6.07) is 6.08. The van der Waals surface area contributed by atoms with Crippen LogP contribution in [0, 0.1) is 0 Å². The molecule has 0 aromatic heterocycles. The second-order valence-electron chi connectivity index (χ2n) is 4.93. The molecular formula is C13H19NO2S. The fraction of sp³-hybridized carbons (Fsp3) is 0.538. The van der Waals surface area contributed by atoms with Gasteiger partial charge in [-0.1, -0.05) is 12.1 Å². The normalized spacial score (nSPS) is 20.0. The lowest BCUT2D eigenvalue weighted by Crippen LogP contribution is -2.19. The summed E-state index contributed by atoms with van der Waals surface area (Å²) in [4.78, 5) is 2.66. The predicted molar refractivity (Wildman–Crippen MR) is 68.9 cm³/mol. The molecule has 0 spiro atoms. The minimum atomic E-state index is -3.02. The van der Waals surface area contributed by atoms with Crippen molar-refractivity contribution in [3.05, 3.63) is 29.3 Å². The summed E-state index contributed by atoms with van der Waals surface area (Å²) < 4.78 is 23.8. The van der Waals surface area contributed by atoms with Crippen molar-refractivity contribution in [3.8, 4) is 0 Å². The molecule has 1 aliphatic rings. The number of aryl methyl sites for hydroxylation is 1. The summed E-state index contributed by atoms with van der Waals surface area (Å²) in [5.41, 5.74) is 2.17. The number of rotatable bonds is 2. The maximum absolute atomic E-state index is 11.9. The highest BCUT2D eigenvalue weighted by Gasteiger charge is 2.24. The zero-order chi connectivity index (χ0) is 12.6. The van der Waals surface area contributed by atoms with Gasteiger partial charge in [-0.15, -0.1) is 0 Å². The Morgan fingerprint density at radius 3 is 2.65 bits per heavy atom. The van der Waals surface area contributed by atoms with E-state index in [0.717, 1.165) is 18.4 Å². The Balaban J connectivity index is 2.45. The van der Waals surface area contributed by atoms with Gasteiger partial charge in [-0.05, 0) is 51.1 Å². The van der Waals surface area contributed by atoms with Crippen LogP contribution in [0.15, 0.2) is 23.1 Å². The third-order valence-electron chi connectivity index (χ3n) is 3.54. The van der Waals surface area contributed by atoms with Gasteiger partial charge < -0.3 is 4.90 Å². The van der Waals surface area contributed by atoms with Crippen LogP contribution in [0.2, 0.25) is 0 Å². The van der Waals surface area contributed by atoms with E-state index in [1.807, 2.05) is 20.2 Å². The molecule has 2 rings (SSSR count). The summed E-state index contributed by atoms with van der Waals surface area (Å²) in [5, 5.41) is 0. The first kappa shape index (κ1) is 12.6. The van der Waals surface area contributed by atoms with Crippen molar-refractivity contribution < 1.29 is 8.42 Å². The van der Waals surface area contributed by atoms with Gasteiger partial charge in [0.2, 0.25) is 0 Å². The SMILES string of the molecule is CC(c1ccc2c(c1)CCCS2(=O)=O)N(C)C. The molecule has 0 saturated heterocycles. The van der Waals surface area contributed by atoms with Gasteiger partial charge >= 0.3 is 0 Å². The minimum Gasteiger partial charge on any atom is -0.303 e. The second-order valence-corrected chi connectivity index (χ2v) is 7.01. The van der Waals surface area contributed by atoms with Crippen molar-refractivity contribution in [2.75, 3.05) is 19.8 Å². The largest absolute Gasteiger partial charge is 0.303 e. The van der Waals surface area contributed by atoms with E-state index >= 15 is 0 Å². The Kier molecular flexibility index (Phi) is 3.27. The number of hydrogen-bond donors (Lipinski definition) is 0. The standard InChI is InChI=1S/C13H19NO2S/c1-10(14(2)3)11-6-7-13-12(9-11)5-4-8-17(13,15)16/h6-7,9-10H,4-5,8H2,1-3H3.